The molecule has 0 spiro atoms. The predicted octanol–water partition coefficient (Wildman–Crippen LogP) is 5.33. The highest BCUT2D eigenvalue weighted by Gasteiger charge is 2.30. The molecule has 0 heterocycles. The van der Waals surface area contributed by atoms with Crippen molar-refractivity contribution in [1.82, 2.24) is 0 Å². The van der Waals surface area contributed by atoms with Crippen molar-refractivity contribution < 1.29 is 17.9 Å². The zero-order valence-corrected chi connectivity index (χ0v) is 11.6. The summed E-state index contributed by atoms with van der Waals surface area (Å²) in [6, 6.07) is 20.2. The van der Waals surface area contributed by atoms with Gasteiger partial charge in [0.05, 0.1) is 0 Å². The first-order valence-electron chi connectivity index (χ1n) is 6.82. The van der Waals surface area contributed by atoms with E-state index in [1.807, 2.05) is 36.4 Å². The van der Waals surface area contributed by atoms with Crippen LogP contribution in [0.3, 0.4) is 0 Å². The lowest BCUT2D eigenvalue weighted by Crippen LogP contribution is -2.17. The van der Waals surface area contributed by atoms with Crippen LogP contribution in [0.25, 0.3) is 10.8 Å². The summed E-state index contributed by atoms with van der Waals surface area (Å²) >= 11 is 0. The number of hydrogen-bond donors (Lipinski definition) is 0. The molecule has 0 radical (unpaired) electrons. The van der Waals surface area contributed by atoms with Crippen LogP contribution < -0.4 is 4.74 Å². The molecule has 0 N–H and O–H groups in total. The Hall–Kier alpha value is -2.49. The standard InChI is InChI=1S/C18H13F3O/c19-18(20,21)22-17-9-6-13(7-10-17)11-14-5-8-15-3-1-2-4-16(15)12-14/h1-10,12H,11H2. The Bertz CT molecular complexity index is 776. The van der Waals surface area contributed by atoms with Gasteiger partial charge >= 0.3 is 6.36 Å². The highest BCUT2D eigenvalue weighted by atomic mass is 19.4. The maximum absolute atomic E-state index is 12.1. The number of benzene rings is 3. The van der Waals surface area contributed by atoms with Gasteiger partial charge in [0, 0.05) is 0 Å². The summed E-state index contributed by atoms with van der Waals surface area (Å²) in [5.41, 5.74) is 2.05. The molecular weight excluding hydrogens is 289 g/mol. The van der Waals surface area contributed by atoms with Gasteiger partial charge in [-0.3, -0.25) is 0 Å². The van der Waals surface area contributed by atoms with E-state index in [1.165, 1.54) is 17.5 Å². The number of fused-ring (bicyclic) bond motifs is 1. The zero-order valence-electron chi connectivity index (χ0n) is 11.6. The van der Waals surface area contributed by atoms with E-state index in [1.54, 1.807) is 12.1 Å². The topological polar surface area (TPSA) is 9.23 Å². The predicted molar refractivity (Wildman–Crippen MR) is 79.9 cm³/mol. The lowest BCUT2D eigenvalue weighted by Gasteiger charge is -2.09. The molecular formula is C18H13F3O. The van der Waals surface area contributed by atoms with E-state index >= 15 is 0 Å². The highest BCUT2D eigenvalue weighted by Crippen LogP contribution is 2.24. The second-order valence-electron chi connectivity index (χ2n) is 5.05. The molecule has 0 fully saturated rings. The SMILES string of the molecule is FC(F)(F)Oc1ccc(Cc2ccc3ccccc3c2)cc1. The molecule has 112 valence electrons. The van der Waals surface area contributed by atoms with Crippen LogP contribution in [-0.4, -0.2) is 6.36 Å². The maximum atomic E-state index is 12.1. The van der Waals surface area contributed by atoms with E-state index in [-0.39, 0.29) is 5.75 Å². The van der Waals surface area contributed by atoms with Crippen LogP contribution in [0.15, 0.2) is 66.7 Å². The van der Waals surface area contributed by atoms with Crippen molar-refractivity contribution in [3.63, 3.8) is 0 Å². The molecule has 0 atom stereocenters. The van der Waals surface area contributed by atoms with Crippen LogP contribution >= 0.6 is 0 Å². The Kier molecular flexibility index (Phi) is 3.75. The fourth-order valence-corrected chi connectivity index (χ4v) is 2.39. The molecule has 0 unspecified atom stereocenters. The van der Waals surface area contributed by atoms with E-state index in [2.05, 4.69) is 10.8 Å². The summed E-state index contributed by atoms with van der Waals surface area (Å²) in [4.78, 5) is 0. The summed E-state index contributed by atoms with van der Waals surface area (Å²) in [5, 5.41) is 2.32. The molecule has 3 rings (SSSR count). The monoisotopic (exact) mass is 302 g/mol. The van der Waals surface area contributed by atoms with Crippen LogP contribution in [-0.2, 0) is 6.42 Å². The zero-order chi connectivity index (χ0) is 15.6. The van der Waals surface area contributed by atoms with Crippen LogP contribution in [0, 0.1) is 0 Å². The van der Waals surface area contributed by atoms with Gasteiger partial charge in [-0.25, -0.2) is 0 Å². The third-order valence-corrected chi connectivity index (χ3v) is 3.38. The van der Waals surface area contributed by atoms with Crippen molar-refractivity contribution in [2.24, 2.45) is 0 Å². The molecule has 0 aromatic heterocycles. The summed E-state index contributed by atoms with van der Waals surface area (Å²) < 4.78 is 40.2. The number of alkyl halides is 3. The third-order valence-electron chi connectivity index (χ3n) is 3.38. The van der Waals surface area contributed by atoms with Gasteiger partial charge in [-0.05, 0) is 40.5 Å². The van der Waals surface area contributed by atoms with Gasteiger partial charge in [0.25, 0.3) is 0 Å². The van der Waals surface area contributed by atoms with E-state index in [0.29, 0.717) is 6.42 Å². The summed E-state index contributed by atoms with van der Waals surface area (Å²) in [6.45, 7) is 0. The van der Waals surface area contributed by atoms with Crippen molar-refractivity contribution in [2.45, 2.75) is 12.8 Å². The molecule has 3 aromatic rings. The molecule has 0 saturated heterocycles. The van der Waals surface area contributed by atoms with Crippen molar-refractivity contribution in [3.8, 4) is 5.75 Å². The van der Waals surface area contributed by atoms with Crippen molar-refractivity contribution in [3.05, 3.63) is 77.9 Å². The Balaban J connectivity index is 1.77. The van der Waals surface area contributed by atoms with Crippen molar-refractivity contribution in [2.75, 3.05) is 0 Å². The van der Waals surface area contributed by atoms with Crippen LogP contribution in [0.4, 0.5) is 13.2 Å². The molecule has 0 saturated carbocycles. The molecule has 22 heavy (non-hydrogen) atoms. The second kappa shape index (κ2) is 5.72. The van der Waals surface area contributed by atoms with Crippen molar-refractivity contribution >= 4 is 10.8 Å². The van der Waals surface area contributed by atoms with Crippen LogP contribution in [0.5, 0.6) is 5.75 Å². The van der Waals surface area contributed by atoms with Gasteiger partial charge in [-0.15, -0.1) is 13.2 Å². The Morgan fingerprint density at radius 2 is 1.36 bits per heavy atom. The van der Waals surface area contributed by atoms with Gasteiger partial charge < -0.3 is 4.74 Å². The third kappa shape index (κ3) is 3.58. The van der Waals surface area contributed by atoms with E-state index in [0.717, 1.165) is 16.5 Å². The lowest BCUT2D eigenvalue weighted by molar-refractivity contribution is -0.274. The largest absolute Gasteiger partial charge is 0.573 e. The molecule has 1 nitrogen and oxygen atoms in total. The van der Waals surface area contributed by atoms with Gasteiger partial charge in [0.15, 0.2) is 0 Å². The van der Waals surface area contributed by atoms with Crippen LogP contribution in [0.1, 0.15) is 11.1 Å². The van der Waals surface area contributed by atoms with Crippen molar-refractivity contribution in [1.29, 1.82) is 0 Å². The van der Waals surface area contributed by atoms with E-state index in [4.69, 9.17) is 0 Å². The number of halogens is 3. The Morgan fingerprint density at radius 3 is 2.05 bits per heavy atom. The molecule has 0 aliphatic rings. The average Bonchev–Trinajstić information content (AvgIpc) is 2.48. The first-order valence-corrected chi connectivity index (χ1v) is 6.82. The smallest absolute Gasteiger partial charge is 0.406 e. The minimum Gasteiger partial charge on any atom is -0.406 e. The fourth-order valence-electron chi connectivity index (χ4n) is 2.39. The Labute approximate surface area is 126 Å². The van der Waals surface area contributed by atoms with E-state index < -0.39 is 6.36 Å². The maximum Gasteiger partial charge on any atom is 0.573 e. The number of ether oxygens (including phenoxy) is 1. The average molecular weight is 302 g/mol. The molecule has 4 heteroatoms. The molecule has 0 aliphatic carbocycles. The summed E-state index contributed by atoms with van der Waals surface area (Å²) in [7, 11) is 0. The second-order valence-corrected chi connectivity index (χ2v) is 5.05. The quantitative estimate of drug-likeness (QED) is 0.635. The Morgan fingerprint density at radius 1 is 0.727 bits per heavy atom. The van der Waals surface area contributed by atoms with Gasteiger partial charge in [-0.1, -0.05) is 54.6 Å². The first-order chi connectivity index (χ1) is 10.5. The molecule has 0 aliphatic heterocycles. The fraction of sp³-hybridized carbons (Fsp3) is 0.111. The molecule has 0 amide bonds. The van der Waals surface area contributed by atoms with Gasteiger partial charge in [0.2, 0.25) is 0 Å². The minimum atomic E-state index is -4.65. The number of rotatable bonds is 3. The molecule has 3 aromatic carbocycles. The summed E-state index contributed by atoms with van der Waals surface area (Å²) in [5.74, 6) is -0.199. The van der Waals surface area contributed by atoms with Crippen LogP contribution in [0.2, 0.25) is 0 Å². The highest BCUT2D eigenvalue weighted by molar-refractivity contribution is 5.83. The minimum absolute atomic E-state index is 0.199. The normalized spacial score (nSPS) is 11.6. The lowest BCUT2D eigenvalue weighted by atomic mass is 10.0. The van der Waals surface area contributed by atoms with Gasteiger partial charge in [-0.2, -0.15) is 0 Å². The summed E-state index contributed by atoms with van der Waals surface area (Å²) in [6.07, 6.45) is -3.99. The van der Waals surface area contributed by atoms with Gasteiger partial charge in [0.1, 0.15) is 5.75 Å². The molecule has 0 bridgehead atoms. The van der Waals surface area contributed by atoms with E-state index in [9.17, 15) is 13.2 Å². The first kappa shape index (κ1) is 14.4. The number of hydrogen-bond acceptors (Lipinski definition) is 1.